The Labute approximate surface area is 95.1 Å². The highest BCUT2D eigenvalue weighted by Crippen LogP contribution is 2.31. The molecule has 0 unspecified atom stereocenters. The van der Waals surface area contributed by atoms with Crippen LogP contribution in [-0.2, 0) is 4.79 Å². The van der Waals surface area contributed by atoms with Crippen molar-refractivity contribution in [1.29, 1.82) is 0 Å². The van der Waals surface area contributed by atoms with Gasteiger partial charge in [-0.25, -0.2) is 0 Å². The molecule has 1 heterocycles. The molecule has 0 radical (unpaired) electrons. The molecule has 1 aliphatic rings. The fraction of sp³-hybridized carbons (Fsp3) is 0.385. The zero-order chi connectivity index (χ0) is 11.9. The maximum Gasteiger partial charge on any atom is 0.299 e. The Kier molecular flexibility index (Phi) is 2.54. The first-order valence-electron chi connectivity index (χ1n) is 5.56. The largest absolute Gasteiger partial charge is 0.305 e. The van der Waals surface area contributed by atoms with Gasteiger partial charge >= 0.3 is 0 Å². The number of fused-ring (bicyclic) bond motifs is 1. The second-order valence-corrected chi connectivity index (χ2v) is 4.31. The van der Waals surface area contributed by atoms with Gasteiger partial charge in [-0.2, -0.15) is 0 Å². The lowest BCUT2D eigenvalue weighted by atomic mass is 9.99. The van der Waals surface area contributed by atoms with E-state index in [1.807, 2.05) is 25.1 Å². The number of hydrogen-bond acceptors (Lipinski definition) is 2. The van der Waals surface area contributed by atoms with E-state index in [1.54, 1.807) is 0 Å². The summed E-state index contributed by atoms with van der Waals surface area (Å²) in [6, 6.07) is 5.70. The molecule has 0 bridgehead atoms. The van der Waals surface area contributed by atoms with Crippen LogP contribution in [0.3, 0.4) is 0 Å². The number of nitrogens with zero attached hydrogens (tertiary/aromatic N) is 1. The van der Waals surface area contributed by atoms with Crippen molar-refractivity contribution >= 4 is 17.4 Å². The molecule has 0 aromatic heterocycles. The first-order chi connectivity index (χ1) is 7.56. The molecular weight excluding hydrogens is 202 g/mol. The molecule has 0 spiro atoms. The second kappa shape index (κ2) is 3.74. The smallest absolute Gasteiger partial charge is 0.299 e. The molecule has 0 aliphatic carbocycles. The molecule has 84 valence electrons. The lowest BCUT2D eigenvalue weighted by Gasteiger charge is -2.14. The van der Waals surface area contributed by atoms with Crippen LogP contribution in [0.5, 0.6) is 0 Å². The topological polar surface area (TPSA) is 37.4 Å². The Balaban J connectivity index is 2.54. The molecule has 0 saturated carbocycles. The predicted molar refractivity (Wildman–Crippen MR) is 62.9 cm³/mol. The number of rotatable bonds is 2. The van der Waals surface area contributed by atoms with E-state index in [1.165, 1.54) is 4.90 Å². The predicted octanol–water partition coefficient (Wildman–Crippen LogP) is 2.36. The number of ketones is 1. The summed E-state index contributed by atoms with van der Waals surface area (Å²) in [6.45, 7) is 6.55. The average molecular weight is 217 g/mol. The number of carbonyl (C=O) groups is 2. The minimum Gasteiger partial charge on any atom is -0.305 e. The first-order valence-corrected chi connectivity index (χ1v) is 5.56. The Morgan fingerprint density at radius 2 is 1.94 bits per heavy atom. The van der Waals surface area contributed by atoms with Gasteiger partial charge in [0.2, 0.25) is 0 Å². The summed E-state index contributed by atoms with van der Waals surface area (Å²) in [7, 11) is 0. The molecule has 0 fully saturated rings. The monoisotopic (exact) mass is 217 g/mol. The van der Waals surface area contributed by atoms with Gasteiger partial charge in [0.1, 0.15) is 0 Å². The molecule has 1 amide bonds. The summed E-state index contributed by atoms with van der Waals surface area (Å²) < 4.78 is 0. The Bertz CT molecular complexity index is 463. The van der Waals surface area contributed by atoms with Crippen LogP contribution in [0.4, 0.5) is 5.69 Å². The van der Waals surface area contributed by atoms with E-state index in [0.29, 0.717) is 18.0 Å². The number of anilines is 1. The molecule has 16 heavy (non-hydrogen) atoms. The van der Waals surface area contributed by atoms with Gasteiger partial charge in [-0.3, -0.25) is 9.59 Å². The minimum absolute atomic E-state index is 0.365. The third kappa shape index (κ3) is 1.43. The maximum atomic E-state index is 11.7. The van der Waals surface area contributed by atoms with E-state index in [4.69, 9.17) is 0 Å². The second-order valence-electron chi connectivity index (χ2n) is 4.31. The van der Waals surface area contributed by atoms with E-state index < -0.39 is 5.91 Å². The van der Waals surface area contributed by atoms with Crippen LogP contribution in [0, 0.1) is 0 Å². The fourth-order valence-corrected chi connectivity index (χ4v) is 1.99. The van der Waals surface area contributed by atoms with Crippen LogP contribution in [0.2, 0.25) is 0 Å². The van der Waals surface area contributed by atoms with Crippen LogP contribution < -0.4 is 4.90 Å². The summed E-state index contributed by atoms with van der Waals surface area (Å²) in [6.07, 6.45) is 0. The van der Waals surface area contributed by atoms with Crippen molar-refractivity contribution in [3.63, 3.8) is 0 Å². The average Bonchev–Trinajstić information content (AvgIpc) is 2.51. The standard InChI is InChI=1S/C13H15NO2/c1-4-14-11-6-5-9(8(2)3)7-10(11)12(15)13(14)16/h5-8H,4H2,1-3H3. The highest BCUT2D eigenvalue weighted by atomic mass is 16.2. The number of benzene rings is 1. The van der Waals surface area contributed by atoms with Gasteiger partial charge in [0.05, 0.1) is 11.3 Å². The summed E-state index contributed by atoms with van der Waals surface area (Å²) in [4.78, 5) is 24.9. The molecule has 1 aromatic carbocycles. The maximum absolute atomic E-state index is 11.7. The SMILES string of the molecule is CCN1C(=O)C(=O)c2cc(C(C)C)ccc21. The third-order valence-electron chi connectivity index (χ3n) is 2.98. The van der Waals surface area contributed by atoms with E-state index >= 15 is 0 Å². The molecule has 0 saturated heterocycles. The molecule has 1 aromatic rings. The van der Waals surface area contributed by atoms with E-state index in [0.717, 1.165) is 11.3 Å². The lowest BCUT2D eigenvalue weighted by molar-refractivity contribution is -0.114. The number of likely N-dealkylation sites (N-methyl/N-ethyl adjacent to an activating group) is 1. The van der Waals surface area contributed by atoms with Gasteiger partial charge in [-0.15, -0.1) is 0 Å². The van der Waals surface area contributed by atoms with E-state index in [9.17, 15) is 9.59 Å². The van der Waals surface area contributed by atoms with Gasteiger partial charge in [0, 0.05) is 6.54 Å². The molecule has 0 N–H and O–H groups in total. The normalized spacial score (nSPS) is 14.9. The third-order valence-corrected chi connectivity index (χ3v) is 2.98. The van der Waals surface area contributed by atoms with Crippen molar-refractivity contribution in [2.45, 2.75) is 26.7 Å². The van der Waals surface area contributed by atoms with Crippen molar-refractivity contribution in [1.82, 2.24) is 0 Å². The first kappa shape index (κ1) is 10.9. The summed E-state index contributed by atoms with van der Waals surface area (Å²) in [5.41, 5.74) is 2.40. The Morgan fingerprint density at radius 3 is 2.50 bits per heavy atom. The Hall–Kier alpha value is -1.64. The highest BCUT2D eigenvalue weighted by molar-refractivity contribution is 6.52. The van der Waals surface area contributed by atoms with Crippen LogP contribution >= 0.6 is 0 Å². The van der Waals surface area contributed by atoms with Gasteiger partial charge in [-0.05, 0) is 30.5 Å². The van der Waals surface area contributed by atoms with Gasteiger partial charge in [0.15, 0.2) is 0 Å². The lowest BCUT2D eigenvalue weighted by Crippen LogP contribution is -2.29. The fourth-order valence-electron chi connectivity index (χ4n) is 1.99. The van der Waals surface area contributed by atoms with E-state index in [2.05, 4.69) is 13.8 Å². The summed E-state index contributed by atoms with van der Waals surface area (Å²) in [5, 5.41) is 0. The van der Waals surface area contributed by atoms with Crippen molar-refractivity contribution in [3.8, 4) is 0 Å². The highest BCUT2D eigenvalue weighted by Gasteiger charge is 2.34. The quantitative estimate of drug-likeness (QED) is 0.713. The summed E-state index contributed by atoms with van der Waals surface area (Å²) >= 11 is 0. The van der Waals surface area contributed by atoms with Crippen molar-refractivity contribution in [3.05, 3.63) is 29.3 Å². The summed E-state index contributed by atoms with van der Waals surface area (Å²) in [5.74, 6) is -0.415. The number of amides is 1. The zero-order valence-corrected chi connectivity index (χ0v) is 9.78. The van der Waals surface area contributed by atoms with Crippen molar-refractivity contribution in [2.24, 2.45) is 0 Å². The van der Waals surface area contributed by atoms with Crippen LogP contribution in [-0.4, -0.2) is 18.2 Å². The number of carbonyl (C=O) groups excluding carboxylic acids is 2. The zero-order valence-electron chi connectivity index (χ0n) is 9.78. The molecular formula is C13H15NO2. The molecule has 3 nitrogen and oxygen atoms in total. The van der Waals surface area contributed by atoms with Crippen LogP contribution in [0.1, 0.15) is 42.6 Å². The number of Topliss-reactive ketones (excluding diaryl/α,β-unsaturated/α-hetero) is 1. The van der Waals surface area contributed by atoms with Gasteiger partial charge < -0.3 is 4.90 Å². The molecule has 2 rings (SSSR count). The van der Waals surface area contributed by atoms with Crippen LogP contribution in [0.15, 0.2) is 18.2 Å². The van der Waals surface area contributed by atoms with Gasteiger partial charge in [-0.1, -0.05) is 19.9 Å². The van der Waals surface area contributed by atoms with Crippen LogP contribution in [0.25, 0.3) is 0 Å². The van der Waals surface area contributed by atoms with Crippen molar-refractivity contribution < 1.29 is 9.59 Å². The minimum atomic E-state index is -0.404. The number of hydrogen-bond donors (Lipinski definition) is 0. The Morgan fingerprint density at radius 1 is 1.25 bits per heavy atom. The van der Waals surface area contributed by atoms with Gasteiger partial charge in [0.25, 0.3) is 11.7 Å². The molecule has 0 atom stereocenters. The van der Waals surface area contributed by atoms with E-state index in [-0.39, 0.29) is 5.78 Å². The van der Waals surface area contributed by atoms with Crippen molar-refractivity contribution in [2.75, 3.05) is 11.4 Å². The molecule has 1 aliphatic heterocycles. The molecule has 3 heteroatoms.